The van der Waals surface area contributed by atoms with E-state index >= 15 is 0 Å². The Labute approximate surface area is 203 Å². The normalized spacial score (nSPS) is 23.4. The van der Waals surface area contributed by atoms with Crippen molar-refractivity contribution in [3.63, 3.8) is 0 Å². The molecule has 9 nitrogen and oxygen atoms in total. The molecule has 0 radical (unpaired) electrons. The van der Waals surface area contributed by atoms with Crippen molar-refractivity contribution in [2.45, 2.75) is 95.5 Å². The van der Waals surface area contributed by atoms with Crippen LogP contribution in [0.25, 0.3) is 10.2 Å². The van der Waals surface area contributed by atoms with Gasteiger partial charge < -0.3 is 25.2 Å². The van der Waals surface area contributed by atoms with Gasteiger partial charge >= 0.3 is 6.09 Å². The van der Waals surface area contributed by atoms with Crippen molar-refractivity contribution in [1.29, 1.82) is 0 Å². The minimum absolute atomic E-state index is 0.00648. The number of aliphatic hydroxyl groups is 1. The van der Waals surface area contributed by atoms with Crippen LogP contribution < -0.4 is 10.5 Å². The van der Waals surface area contributed by atoms with Gasteiger partial charge in [-0.05, 0) is 77.2 Å². The van der Waals surface area contributed by atoms with Crippen molar-refractivity contribution in [2.24, 2.45) is 5.73 Å². The lowest BCUT2D eigenvalue weighted by Crippen LogP contribution is -2.43. The fraction of sp³-hybridized carbons (Fsp3) is 0.667. The molecule has 1 fully saturated rings. The van der Waals surface area contributed by atoms with E-state index in [0.29, 0.717) is 12.3 Å². The van der Waals surface area contributed by atoms with Crippen molar-refractivity contribution in [3.8, 4) is 5.88 Å². The van der Waals surface area contributed by atoms with Gasteiger partial charge in [-0.15, -0.1) is 11.3 Å². The molecule has 34 heavy (non-hydrogen) atoms. The van der Waals surface area contributed by atoms with E-state index in [1.807, 2.05) is 20.8 Å². The first-order chi connectivity index (χ1) is 16.0. The number of thiophene rings is 1. The highest BCUT2D eigenvalue weighted by molar-refractivity contribution is 7.19. The van der Waals surface area contributed by atoms with Crippen molar-refractivity contribution in [1.82, 2.24) is 14.9 Å². The smallest absolute Gasteiger partial charge is 0.410 e. The van der Waals surface area contributed by atoms with Crippen molar-refractivity contribution >= 4 is 33.6 Å². The van der Waals surface area contributed by atoms with Crippen LogP contribution >= 0.6 is 11.3 Å². The topological polar surface area (TPSA) is 128 Å². The summed E-state index contributed by atoms with van der Waals surface area (Å²) in [4.78, 5) is 36.5. The molecule has 4 rings (SSSR count). The summed E-state index contributed by atoms with van der Waals surface area (Å²) in [5.74, 6) is -0.112. The molecule has 2 aliphatic carbocycles. The fourth-order valence-corrected chi connectivity index (χ4v) is 6.17. The van der Waals surface area contributed by atoms with Crippen LogP contribution in [0.1, 0.15) is 75.7 Å². The number of nitrogens with zero attached hydrogens (tertiary/aromatic N) is 3. The van der Waals surface area contributed by atoms with Gasteiger partial charge in [0.05, 0.1) is 5.39 Å². The summed E-state index contributed by atoms with van der Waals surface area (Å²) in [6.07, 6.45) is 5.35. The Balaban J connectivity index is 1.45. The van der Waals surface area contributed by atoms with Gasteiger partial charge in [-0.1, -0.05) is 0 Å². The molecule has 2 heterocycles. The first kappa shape index (κ1) is 24.7. The van der Waals surface area contributed by atoms with E-state index in [0.717, 1.165) is 54.3 Å². The highest BCUT2D eigenvalue weighted by Gasteiger charge is 2.34. The van der Waals surface area contributed by atoms with Gasteiger partial charge in [0.1, 0.15) is 29.0 Å². The summed E-state index contributed by atoms with van der Waals surface area (Å²) in [6.45, 7) is 5.60. The number of aliphatic hydroxyl groups excluding tert-OH is 1. The van der Waals surface area contributed by atoms with Crippen LogP contribution in [0.2, 0.25) is 0 Å². The number of aromatic nitrogens is 2. The summed E-state index contributed by atoms with van der Waals surface area (Å²) in [5.41, 5.74) is 5.86. The van der Waals surface area contributed by atoms with Gasteiger partial charge in [-0.3, -0.25) is 4.79 Å². The van der Waals surface area contributed by atoms with Crippen LogP contribution in [-0.4, -0.2) is 62.9 Å². The standard InChI is InChI=1S/C24H34N4O5S/c1-24(2,3)33-23(31)28(4)14-6-8-15(9-7-14)32-21-19-18-13(11-16(29)20(25)30)5-10-17(18)34-22(19)27-12-26-21/h12-16,29H,5-11H2,1-4H3,(H2,25,30). The second kappa shape index (κ2) is 9.65. The molecule has 0 spiro atoms. The number of carbonyl (C=O) groups excluding carboxylic acids is 2. The number of rotatable bonds is 6. The van der Waals surface area contributed by atoms with Gasteiger partial charge in [0.25, 0.3) is 0 Å². The van der Waals surface area contributed by atoms with Crippen LogP contribution in [0.4, 0.5) is 4.79 Å². The van der Waals surface area contributed by atoms with Gasteiger partial charge in [-0.25, -0.2) is 14.8 Å². The van der Waals surface area contributed by atoms with E-state index in [-0.39, 0.29) is 24.2 Å². The van der Waals surface area contributed by atoms with E-state index in [9.17, 15) is 14.7 Å². The van der Waals surface area contributed by atoms with E-state index in [4.69, 9.17) is 15.2 Å². The molecule has 0 saturated heterocycles. The second-order valence-electron chi connectivity index (χ2n) is 10.3. The van der Waals surface area contributed by atoms with E-state index in [1.54, 1.807) is 23.3 Å². The number of hydrogen-bond acceptors (Lipinski definition) is 8. The third-order valence-corrected chi connectivity index (χ3v) is 7.86. The molecule has 0 aromatic carbocycles. The third kappa shape index (κ3) is 5.27. The number of carbonyl (C=O) groups is 2. The fourth-order valence-electron chi connectivity index (χ4n) is 4.94. The van der Waals surface area contributed by atoms with Crippen LogP contribution in [0.15, 0.2) is 6.33 Å². The van der Waals surface area contributed by atoms with Crippen molar-refractivity contribution in [3.05, 3.63) is 16.8 Å². The Morgan fingerprint density at radius 2 is 1.94 bits per heavy atom. The monoisotopic (exact) mass is 490 g/mol. The Hall–Kier alpha value is -2.46. The molecule has 0 bridgehead atoms. The Morgan fingerprint density at radius 1 is 1.24 bits per heavy atom. The number of fused-ring (bicyclic) bond motifs is 3. The highest BCUT2D eigenvalue weighted by Crippen LogP contribution is 2.47. The first-order valence-corrected chi connectivity index (χ1v) is 12.7. The predicted octanol–water partition coefficient (Wildman–Crippen LogP) is 3.51. The molecule has 10 heteroatoms. The van der Waals surface area contributed by atoms with Crippen LogP contribution in [0.5, 0.6) is 5.88 Å². The molecule has 0 aliphatic heterocycles. The third-order valence-electron chi connectivity index (χ3n) is 6.68. The summed E-state index contributed by atoms with van der Waals surface area (Å²) >= 11 is 1.63. The average molecular weight is 491 g/mol. The molecule has 3 N–H and O–H groups in total. The van der Waals surface area contributed by atoms with Gasteiger partial charge in [0, 0.05) is 18.0 Å². The quantitative estimate of drug-likeness (QED) is 0.634. The molecule has 2 atom stereocenters. The van der Waals surface area contributed by atoms with Gasteiger partial charge in [-0.2, -0.15) is 0 Å². The van der Waals surface area contributed by atoms with Crippen LogP contribution in [-0.2, 0) is 16.0 Å². The van der Waals surface area contributed by atoms with Gasteiger partial charge in [0.2, 0.25) is 11.8 Å². The molecule has 2 aromatic heterocycles. The number of ether oxygens (including phenoxy) is 2. The van der Waals surface area contributed by atoms with Crippen LogP contribution in [0, 0.1) is 0 Å². The number of primary amides is 1. The minimum Gasteiger partial charge on any atom is -0.474 e. The molecule has 2 amide bonds. The Morgan fingerprint density at radius 3 is 2.59 bits per heavy atom. The predicted molar refractivity (Wildman–Crippen MR) is 129 cm³/mol. The van der Waals surface area contributed by atoms with Crippen LogP contribution in [0.3, 0.4) is 0 Å². The molecular weight excluding hydrogens is 456 g/mol. The van der Waals surface area contributed by atoms with Gasteiger partial charge in [0.15, 0.2) is 0 Å². The maximum Gasteiger partial charge on any atom is 0.410 e. The lowest BCUT2D eigenvalue weighted by molar-refractivity contribution is -0.126. The Kier molecular flexibility index (Phi) is 7.00. The molecule has 1 saturated carbocycles. The highest BCUT2D eigenvalue weighted by atomic mass is 32.1. The zero-order valence-corrected chi connectivity index (χ0v) is 21.1. The van der Waals surface area contributed by atoms with Crippen molar-refractivity contribution in [2.75, 3.05) is 7.05 Å². The zero-order valence-electron chi connectivity index (χ0n) is 20.2. The summed E-state index contributed by atoms with van der Waals surface area (Å²) in [6, 6.07) is 0.116. The van der Waals surface area contributed by atoms with E-state index in [2.05, 4.69) is 9.97 Å². The first-order valence-electron chi connectivity index (χ1n) is 11.9. The summed E-state index contributed by atoms with van der Waals surface area (Å²) < 4.78 is 11.9. The maximum absolute atomic E-state index is 12.4. The second-order valence-corrected chi connectivity index (χ2v) is 11.4. The largest absolute Gasteiger partial charge is 0.474 e. The SMILES string of the molecule is CN(C(=O)OC(C)(C)C)C1CCC(Oc2ncnc3sc4c(c23)C(CC(O)C(N)=O)CC4)CC1. The summed E-state index contributed by atoms with van der Waals surface area (Å²) in [5, 5.41) is 11.0. The molecule has 2 aromatic rings. The molecular formula is C24H34N4O5S. The van der Waals surface area contributed by atoms with E-state index < -0.39 is 17.6 Å². The number of nitrogens with two attached hydrogens (primary N) is 1. The zero-order chi connectivity index (χ0) is 24.6. The van der Waals surface area contributed by atoms with E-state index in [1.165, 1.54) is 11.2 Å². The Bertz CT molecular complexity index is 1060. The summed E-state index contributed by atoms with van der Waals surface area (Å²) in [7, 11) is 1.79. The number of hydrogen-bond donors (Lipinski definition) is 2. The molecule has 186 valence electrons. The average Bonchev–Trinajstić information content (AvgIpc) is 3.32. The lowest BCUT2D eigenvalue weighted by Gasteiger charge is -2.35. The molecule has 2 unspecified atom stereocenters. The number of amides is 2. The molecule has 2 aliphatic rings. The lowest BCUT2D eigenvalue weighted by atomic mass is 9.92. The number of aryl methyl sites for hydroxylation is 1. The minimum atomic E-state index is -1.17. The van der Waals surface area contributed by atoms with Crippen molar-refractivity contribution < 1.29 is 24.2 Å². The maximum atomic E-state index is 12.4.